The Morgan fingerprint density at radius 2 is 1.84 bits per heavy atom. The van der Waals surface area contributed by atoms with Crippen molar-refractivity contribution >= 4 is 22.9 Å². The summed E-state index contributed by atoms with van der Waals surface area (Å²) in [5.74, 6) is -0.447. The molecule has 0 bridgehead atoms. The number of aromatic nitrogens is 3. The number of ether oxygens (including phenoxy) is 1. The summed E-state index contributed by atoms with van der Waals surface area (Å²) in [6.07, 6.45) is 1.23. The van der Waals surface area contributed by atoms with E-state index in [4.69, 9.17) is 10.5 Å². The second-order valence-electron chi connectivity index (χ2n) is 8.86. The number of H-pyrrole nitrogens is 1. The minimum absolute atomic E-state index is 0.152. The number of pyridine rings is 1. The highest BCUT2D eigenvalue weighted by Gasteiger charge is 2.30. The Kier molecular flexibility index (Phi) is 5.39. The minimum Gasteiger partial charge on any atom is -0.444 e. The largest absolute Gasteiger partial charge is 0.444 e. The first-order valence-corrected chi connectivity index (χ1v) is 10.4. The van der Waals surface area contributed by atoms with Crippen molar-refractivity contribution < 1.29 is 14.3 Å². The van der Waals surface area contributed by atoms with E-state index in [1.807, 2.05) is 57.2 Å². The number of fused-ring (bicyclic) bond motifs is 1. The summed E-state index contributed by atoms with van der Waals surface area (Å²) in [5.41, 5.74) is 8.28. The van der Waals surface area contributed by atoms with E-state index >= 15 is 0 Å². The van der Waals surface area contributed by atoms with Gasteiger partial charge in [0.15, 0.2) is 5.69 Å². The lowest BCUT2D eigenvalue weighted by Crippen LogP contribution is -2.41. The molecule has 0 unspecified atom stereocenters. The van der Waals surface area contributed by atoms with Gasteiger partial charge in [-0.15, -0.1) is 0 Å². The highest BCUT2D eigenvalue weighted by molar-refractivity contribution is 6.04. The normalized spacial score (nSPS) is 15.3. The van der Waals surface area contributed by atoms with E-state index in [0.29, 0.717) is 24.3 Å². The van der Waals surface area contributed by atoms with Gasteiger partial charge in [-0.1, -0.05) is 30.3 Å². The van der Waals surface area contributed by atoms with Gasteiger partial charge in [0.05, 0.1) is 16.9 Å². The zero-order valence-electron chi connectivity index (χ0n) is 18.0. The average molecular weight is 422 g/mol. The number of carbonyl (C=O) groups excluding carboxylic acids is 2. The summed E-state index contributed by atoms with van der Waals surface area (Å²) in [4.78, 5) is 30.7. The average Bonchev–Trinajstić information content (AvgIpc) is 3.16. The molecule has 3 heterocycles. The molecule has 1 aliphatic heterocycles. The maximum atomic E-state index is 12.4. The molecule has 0 aliphatic carbocycles. The van der Waals surface area contributed by atoms with Gasteiger partial charge >= 0.3 is 6.09 Å². The molecule has 1 aliphatic rings. The summed E-state index contributed by atoms with van der Waals surface area (Å²) >= 11 is 0. The summed E-state index contributed by atoms with van der Waals surface area (Å²) < 4.78 is 5.49. The maximum absolute atomic E-state index is 12.4. The summed E-state index contributed by atoms with van der Waals surface area (Å²) in [6, 6.07) is 11.6. The van der Waals surface area contributed by atoms with Gasteiger partial charge < -0.3 is 15.4 Å². The number of likely N-dealkylation sites (tertiary alicyclic amines) is 1. The number of amides is 2. The fourth-order valence-corrected chi connectivity index (χ4v) is 3.94. The van der Waals surface area contributed by atoms with Gasteiger partial charge in [0, 0.05) is 30.0 Å². The number of nitrogens with two attached hydrogens (primary N) is 1. The first kappa shape index (κ1) is 20.8. The van der Waals surface area contributed by atoms with Crippen molar-refractivity contribution in [2.45, 2.75) is 45.1 Å². The first-order valence-electron chi connectivity index (χ1n) is 10.4. The number of carbonyl (C=O) groups is 2. The van der Waals surface area contributed by atoms with E-state index in [-0.39, 0.29) is 17.7 Å². The van der Waals surface area contributed by atoms with Crippen LogP contribution in [0.15, 0.2) is 36.4 Å². The molecule has 0 saturated carbocycles. The predicted molar refractivity (Wildman–Crippen MR) is 118 cm³/mol. The van der Waals surface area contributed by atoms with Crippen LogP contribution in [0.25, 0.3) is 22.2 Å². The van der Waals surface area contributed by atoms with Crippen molar-refractivity contribution in [1.29, 1.82) is 0 Å². The molecule has 1 aromatic carbocycles. The second-order valence-corrected chi connectivity index (χ2v) is 8.86. The molecule has 1 saturated heterocycles. The Balaban J connectivity index is 1.63. The fraction of sp³-hybridized carbons (Fsp3) is 0.391. The van der Waals surface area contributed by atoms with Crippen LogP contribution in [0.3, 0.4) is 0 Å². The molecule has 31 heavy (non-hydrogen) atoms. The molecule has 162 valence electrons. The number of benzene rings is 1. The topological polar surface area (TPSA) is 114 Å². The Labute approximate surface area is 180 Å². The SMILES string of the molecule is CC(C)(C)OC(=O)N1CCC(c2n[nH]c3c(C(N)=O)nc(-c4ccccc4)cc23)CC1. The van der Waals surface area contributed by atoms with E-state index in [0.717, 1.165) is 29.5 Å². The zero-order valence-corrected chi connectivity index (χ0v) is 18.0. The molecular weight excluding hydrogens is 394 g/mol. The molecule has 0 radical (unpaired) electrons. The third kappa shape index (κ3) is 4.38. The van der Waals surface area contributed by atoms with Crippen molar-refractivity contribution in [1.82, 2.24) is 20.1 Å². The highest BCUT2D eigenvalue weighted by atomic mass is 16.6. The van der Waals surface area contributed by atoms with Crippen LogP contribution >= 0.6 is 0 Å². The number of nitrogens with one attached hydrogen (secondary N) is 1. The quantitative estimate of drug-likeness (QED) is 0.667. The van der Waals surface area contributed by atoms with Crippen LogP contribution in [0.2, 0.25) is 0 Å². The summed E-state index contributed by atoms with van der Waals surface area (Å²) in [5, 5.41) is 8.32. The fourth-order valence-electron chi connectivity index (χ4n) is 3.94. The minimum atomic E-state index is -0.599. The zero-order chi connectivity index (χ0) is 22.2. The van der Waals surface area contributed by atoms with Crippen LogP contribution in [-0.2, 0) is 4.74 Å². The van der Waals surface area contributed by atoms with E-state index in [2.05, 4.69) is 15.2 Å². The first-order chi connectivity index (χ1) is 14.7. The van der Waals surface area contributed by atoms with Crippen molar-refractivity contribution in [3.8, 4) is 11.3 Å². The van der Waals surface area contributed by atoms with Gasteiger partial charge in [-0.2, -0.15) is 5.10 Å². The van der Waals surface area contributed by atoms with Gasteiger partial charge in [-0.3, -0.25) is 9.89 Å². The predicted octanol–water partition coefficient (Wildman–Crippen LogP) is 3.84. The van der Waals surface area contributed by atoms with E-state index < -0.39 is 11.5 Å². The van der Waals surface area contributed by atoms with E-state index in [9.17, 15) is 9.59 Å². The highest BCUT2D eigenvalue weighted by Crippen LogP contribution is 2.34. The second kappa shape index (κ2) is 8.02. The lowest BCUT2D eigenvalue weighted by molar-refractivity contribution is 0.0204. The van der Waals surface area contributed by atoms with Gasteiger partial charge in [0.2, 0.25) is 0 Å². The number of piperidine rings is 1. The molecule has 0 atom stereocenters. The Hall–Kier alpha value is -3.42. The molecule has 8 heteroatoms. The molecule has 4 rings (SSSR count). The molecule has 3 N–H and O–H groups in total. The van der Waals surface area contributed by atoms with Gasteiger partial charge in [-0.25, -0.2) is 9.78 Å². The van der Waals surface area contributed by atoms with Gasteiger partial charge in [0.1, 0.15) is 5.60 Å². The molecule has 3 aromatic rings. The smallest absolute Gasteiger partial charge is 0.410 e. The third-order valence-electron chi connectivity index (χ3n) is 5.42. The van der Waals surface area contributed by atoms with Crippen molar-refractivity contribution in [2.75, 3.05) is 13.1 Å². The molecular formula is C23H27N5O3. The van der Waals surface area contributed by atoms with Crippen molar-refractivity contribution in [2.24, 2.45) is 5.73 Å². The number of rotatable bonds is 3. The van der Waals surface area contributed by atoms with Crippen LogP contribution in [-0.4, -0.2) is 50.8 Å². The van der Waals surface area contributed by atoms with E-state index in [1.54, 1.807) is 4.90 Å². The number of hydrogen-bond donors (Lipinski definition) is 2. The molecule has 2 amide bonds. The lowest BCUT2D eigenvalue weighted by atomic mass is 9.91. The van der Waals surface area contributed by atoms with Crippen LogP contribution in [0, 0.1) is 0 Å². The Morgan fingerprint density at radius 1 is 1.16 bits per heavy atom. The van der Waals surface area contributed by atoms with Gasteiger partial charge in [0.25, 0.3) is 5.91 Å². The molecule has 0 spiro atoms. The summed E-state index contributed by atoms with van der Waals surface area (Å²) in [7, 11) is 0. The van der Waals surface area contributed by atoms with Crippen molar-refractivity contribution in [3.63, 3.8) is 0 Å². The standard InChI is InChI=1S/C23H27N5O3/c1-23(2,3)31-22(30)28-11-9-15(10-12-28)18-16-13-17(14-7-5-4-6-8-14)25-20(21(24)29)19(16)27-26-18/h4-8,13,15H,9-12H2,1-3H3,(H2,24,29)(H,26,27). The van der Waals surface area contributed by atoms with Gasteiger partial charge in [-0.05, 0) is 39.7 Å². The maximum Gasteiger partial charge on any atom is 0.410 e. The van der Waals surface area contributed by atoms with Crippen LogP contribution < -0.4 is 5.73 Å². The molecule has 8 nitrogen and oxygen atoms in total. The number of aromatic amines is 1. The molecule has 1 fully saturated rings. The summed E-state index contributed by atoms with van der Waals surface area (Å²) in [6.45, 7) is 6.77. The number of nitrogens with zero attached hydrogens (tertiary/aromatic N) is 3. The van der Waals surface area contributed by atoms with E-state index in [1.165, 1.54) is 0 Å². The molecule has 2 aromatic heterocycles. The Morgan fingerprint density at radius 3 is 2.45 bits per heavy atom. The van der Waals surface area contributed by atoms with Crippen LogP contribution in [0.4, 0.5) is 4.79 Å². The lowest BCUT2D eigenvalue weighted by Gasteiger charge is -2.33. The van der Waals surface area contributed by atoms with Crippen LogP contribution in [0.5, 0.6) is 0 Å². The number of hydrogen-bond acceptors (Lipinski definition) is 5. The number of primary amides is 1. The Bertz CT molecular complexity index is 1110. The van der Waals surface area contributed by atoms with Crippen LogP contribution in [0.1, 0.15) is 55.7 Å². The van der Waals surface area contributed by atoms with Crippen molar-refractivity contribution in [3.05, 3.63) is 47.8 Å². The monoisotopic (exact) mass is 421 g/mol. The third-order valence-corrected chi connectivity index (χ3v) is 5.42.